The summed E-state index contributed by atoms with van der Waals surface area (Å²) >= 11 is 9.54. The number of anilines is 1. The second-order valence-electron chi connectivity index (χ2n) is 7.47. The Bertz CT molecular complexity index is 931. The van der Waals surface area contributed by atoms with Gasteiger partial charge in [-0.3, -0.25) is 0 Å². The second-order valence-corrected chi connectivity index (χ2v) is 8.73. The number of hydrogen-bond acceptors (Lipinski definition) is 6. The van der Waals surface area contributed by atoms with Crippen LogP contribution in [0.15, 0.2) is 15.0 Å². The molecule has 144 valence electrons. The van der Waals surface area contributed by atoms with Crippen LogP contribution in [-0.2, 0) is 4.74 Å². The highest BCUT2D eigenvalue weighted by molar-refractivity contribution is 9.10. The fourth-order valence-corrected chi connectivity index (χ4v) is 3.84. The van der Waals surface area contributed by atoms with Crippen molar-refractivity contribution in [2.24, 2.45) is 0 Å². The lowest BCUT2D eigenvalue weighted by Gasteiger charge is -2.39. The lowest BCUT2D eigenvalue weighted by Crippen LogP contribution is -2.54. The van der Waals surface area contributed by atoms with Crippen molar-refractivity contribution >= 4 is 50.7 Å². The van der Waals surface area contributed by atoms with Crippen LogP contribution in [-0.4, -0.2) is 47.3 Å². The van der Waals surface area contributed by atoms with Crippen LogP contribution in [0.2, 0.25) is 5.02 Å². The molecule has 1 fully saturated rings. The van der Waals surface area contributed by atoms with E-state index in [4.69, 9.17) is 20.8 Å². The maximum Gasteiger partial charge on any atom is 0.410 e. The van der Waals surface area contributed by atoms with E-state index in [0.717, 1.165) is 0 Å². The van der Waals surface area contributed by atoms with Crippen molar-refractivity contribution in [1.82, 2.24) is 9.88 Å². The first-order valence-corrected chi connectivity index (χ1v) is 9.71. The molecule has 2 heterocycles. The zero-order valence-electron chi connectivity index (χ0n) is 15.5. The van der Waals surface area contributed by atoms with Gasteiger partial charge in [-0.25, -0.2) is 4.79 Å². The first kappa shape index (κ1) is 19.8. The molecule has 1 aliphatic heterocycles. The van der Waals surface area contributed by atoms with Crippen LogP contribution < -0.4 is 4.90 Å². The van der Waals surface area contributed by atoms with Gasteiger partial charge >= 0.3 is 6.09 Å². The van der Waals surface area contributed by atoms with Gasteiger partial charge in [0.15, 0.2) is 5.58 Å². The number of piperazine rings is 1. The first-order valence-electron chi connectivity index (χ1n) is 8.54. The Balaban J connectivity index is 1.84. The summed E-state index contributed by atoms with van der Waals surface area (Å²) in [7, 11) is 0. The highest BCUT2D eigenvalue weighted by atomic mass is 79.9. The van der Waals surface area contributed by atoms with E-state index in [9.17, 15) is 10.1 Å². The molecular formula is C18H20BrClN4O3. The summed E-state index contributed by atoms with van der Waals surface area (Å²) in [6.45, 7) is 9.04. The van der Waals surface area contributed by atoms with Gasteiger partial charge in [0.1, 0.15) is 22.8 Å². The molecule has 27 heavy (non-hydrogen) atoms. The Hall–Kier alpha value is -1.98. The predicted molar refractivity (Wildman–Crippen MR) is 106 cm³/mol. The van der Waals surface area contributed by atoms with Crippen LogP contribution in [0.25, 0.3) is 11.1 Å². The molecule has 2 aromatic rings. The average Bonchev–Trinajstić information content (AvgIpc) is 2.98. The number of rotatable bonds is 1. The quantitative estimate of drug-likeness (QED) is 0.627. The number of aromatic nitrogens is 1. The molecule has 1 atom stereocenters. The third-order valence-electron chi connectivity index (χ3n) is 4.20. The van der Waals surface area contributed by atoms with E-state index in [-0.39, 0.29) is 17.7 Å². The molecule has 1 aliphatic rings. The van der Waals surface area contributed by atoms with E-state index in [1.807, 2.05) is 32.6 Å². The Kier molecular flexibility index (Phi) is 5.28. The molecule has 3 rings (SSSR count). The van der Waals surface area contributed by atoms with Gasteiger partial charge in [0.2, 0.25) is 0 Å². The number of amides is 1. The Morgan fingerprint density at radius 3 is 2.78 bits per heavy atom. The van der Waals surface area contributed by atoms with E-state index in [2.05, 4.69) is 27.0 Å². The summed E-state index contributed by atoms with van der Waals surface area (Å²) in [6, 6.07) is 4.07. The summed E-state index contributed by atoms with van der Waals surface area (Å²) in [5.74, 6) is 0. The number of hydrogen-bond donors (Lipinski definition) is 0. The molecule has 0 N–H and O–H groups in total. The molecule has 1 aromatic heterocycles. The maximum atomic E-state index is 12.3. The third kappa shape index (κ3) is 3.99. The Morgan fingerprint density at radius 2 is 2.19 bits per heavy atom. The van der Waals surface area contributed by atoms with E-state index < -0.39 is 5.60 Å². The van der Waals surface area contributed by atoms with Crippen LogP contribution in [0, 0.1) is 11.3 Å². The Labute approximate surface area is 170 Å². The molecule has 0 radical (unpaired) electrons. The monoisotopic (exact) mass is 454 g/mol. The molecule has 9 heteroatoms. The normalized spacial score (nSPS) is 17.9. The minimum absolute atomic E-state index is 0.0286. The molecule has 0 saturated carbocycles. The number of carbonyl (C=O) groups is 1. The number of nitrogens with zero attached hydrogens (tertiary/aromatic N) is 4. The van der Waals surface area contributed by atoms with E-state index in [0.29, 0.717) is 46.2 Å². The van der Waals surface area contributed by atoms with Crippen LogP contribution in [0.4, 0.5) is 10.8 Å². The van der Waals surface area contributed by atoms with Crippen molar-refractivity contribution in [1.29, 1.82) is 5.26 Å². The largest absolute Gasteiger partial charge is 0.444 e. The summed E-state index contributed by atoms with van der Waals surface area (Å²) in [5.41, 5.74) is 0.656. The highest BCUT2D eigenvalue weighted by Crippen LogP contribution is 2.35. The zero-order chi connectivity index (χ0) is 19.9. The molecular weight excluding hydrogens is 436 g/mol. The summed E-state index contributed by atoms with van der Waals surface area (Å²) in [6.07, 6.45) is -0.326. The van der Waals surface area contributed by atoms with Crippen molar-refractivity contribution in [3.05, 3.63) is 21.1 Å². The number of oxazole rings is 1. The summed E-state index contributed by atoms with van der Waals surface area (Å²) in [5, 5.41) is 9.68. The fourth-order valence-electron chi connectivity index (χ4n) is 2.97. The van der Waals surface area contributed by atoms with Crippen LogP contribution >= 0.6 is 27.5 Å². The van der Waals surface area contributed by atoms with Gasteiger partial charge in [-0.15, -0.1) is 0 Å². The van der Waals surface area contributed by atoms with E-state index >= 15 is 0 Å². The molecule has 1 saturated heterocycles. The molecule has 0 spiro atoms. The molecule has 1 unspecified atom stereocenters. The van der Waals surface area contributed by atoms with Gasteiger partial charge in [0.05, 0.1) is 9.50 Å². The van der Waals surface area contributed by atoms with Gasteiger partial charge in [0.25, 0.3) is 6.01 Å². The number of benzene rings is 1. The Morgan fingerprint density at radius 1 is 1.48 bits per heavy atom. The van der Waals surface area contributed by atoms with Crippen molar-refractivity contribution in [2.45, 2.75) is 39.3 Å². The smallest absolute Gasteiger partial charge is 0.410 e. The predicted octanol–water partition coefficient (Wildman–Crippen LogP) is 4.56. The number of carbonyl (C=O) groups excluding carboxylic acids is 1. The van der Waals surface area contributed by atoms with Crippen LogP contribution in [0.1, 0.15) is 33.3 Å². The first-order chi connectivity index (χ1) is 12.6. The number of ether oxygens (including phenoxy) is 1. The van der Waals surface area contributed by atoms with E-state index in [1.165, 1.54) is 0 Å². The topological polar surface area (TPSA) is 82.6 Å². The second kappa shape index (κ2) is 7.21. The zero-order valence-corrected chi connectivity index (χ0v) is 17.9. The fraction of sp³-hybridized carbons (Fsp3) is 0.500. The minimum Gasteiger partial charge on any atom is -0.444 e. The molecule has 0 bridgehead atoms. The van der Waals surface area contributed by atoms with Crippen LogP contribution in [0.5, 0.6) is 0 Å². The van der Waals surface area contributed by atoms with Gasteiger partial charge in [-0.2, -0.15) is 10.2 Å². The number of halogens is 2. The summed E-state index contributed by atoms with van der Waals surface area (Å²) < 4.78 is 12.0. The molecule has 1 amide bonds. The van der Waals surface area contributed by atoms with Crippen molar-refractivity contribution in [3.8, 4) is 6.07 Å². The van der Waals surface area contributed by atoms with Gasteiger partial charge in [-0.1, -0.05) is 11.6 Å². The van der Waals surface area contributed by atoms with Crippen molar-refractivity contribution in [3.63, 3.8) is 0 Å². The van der Waals surface area contributed by atoms with Crippen LogP contribution in [0.3, 0.4) is 0 Å². The van der Waals surface area contributed by atoms with E-state index in [1.54, 1.807) is 11.0 Å². The third-order valence-corrected chi connectivity index (χ3v) is 5.09. The lowest BCUT2D eigenvalue weighted by atomic mass is 10.2. The summed E-state index contributed by atoms with van der Waals surface area (Å²) in [4.78, 5) is 20.5. The average molecular weight is 456 g/mol. The van der Waals surface area contributed by atoms with Crippen molar-refractivity contribution < 1.29 is 13.9 Å². The SMILES string of the molecule is CC1CN(C(=O)OC(C)(C)C)CCN1c1nc2c(C#N)c(Cl)cc(Br)c2o1. The highest BCUT2D eigenvalue weighted by Gasteiger charge is 2.32. The standard InChI is InChI=1S/C18H20BrClN4O3/c1-10-9-23(17(25)27-18(2,3)4)5-6-24(10)16-22-14-11(8-21)13(20)7-12(19)15(14)26-16/h7,10H,5-6,9H2,1-4H3. The molecule has 7 nitrogen and oxygen atoms in total. The van der Waals surface area contributed by atoms with Gasteiger partial charge in [0, 0.05) is 25.7 Å². The number of fused-ring (bicyclic) bond motifs is 1. The lowest BCUT2D eigenvalue weighted by molar-refractivity contribution is 0.0216. The minimum atomic E-state index is -0.531. The molecule has 1 aromatic carbocycles. The van der Waals surface area contributed by atoms with Gasteiger partial charge < -0.3 is 19.0 Å². The molecule has 0 aliphatic carbocycles. The number of nitriles is 1. The van der Waals surface area contributed by atoms with Gasteiger partial charge in [-0.05, 0) is 49.7 Å². The van der Waals surface area contributed by atoms with Crippen molar-refractivity contribution in [2.75, 3.05) is 24.5 Å². The maximum absolute atomic E-state index is 12.3.